The van der Waals surface area contributed by atoms with Gasteiger partial charge in [-0.05, 0) is 85.5 Å². The average Bonchev–Trinajstić information content (AvgIpc) is 3.47. The van der Waals surface area contributed by atoms with E-state index in [1.807, 2.05) is 36.4 Å². The van der Waals surface area contributed by atoms with Crippen molar-refractivity contribution in [1.29, 1.82) is 0 Å². The molecule has 0 aliphatic rings. The number of thioether (sulfide) groups is 2. The summed E-state index contributed by atoms with van der Waals surface area (Å²) in [4.78, 5) is 33.1. The highest BCUT2D eigenvalue weighted by molar-refractivity contribution is 9.09. The first kappa shape index (κ1) is 62.8. The van der Waals surface area contributed by atoms with Gasteiger partial charge in [0.1, 0.15) is 0 Å². The number of hydrogen-bond acceptors (Lipinski definition) is 8. The second-order valence-electron chi connectivity index (χ2n) is 18.2. The van der Waals surface area contributed by atoms with Gasteiger partial charge in [-0.1, -0.05) is 239 Å². The van der Waals surface area contributed by atoms with Crippen molar-refractivity contribution in [3.8, 4) is 0 Å². The zero-order chi connectivity index (χ0) is 53.8. The fraction of sp³-hybridized carbons (Fsp3) is 0.406. The Balaban J connectivity index is 0.000000287. The standard InChI is InChI=1S/C32H43N3OS.C26H30N2OS.C6H14BrN/c1-4-23-35(26-25-34(5-2)6-3)24-22-33-31(36)27-37-32(28-16-10-7-11-17-28,29-18-12-8-13-19-29)30-20-14-9-15-21-30;1-2-18-27-19-20-28-25(29)21-30-26(22-12-6-3-7-13-22,23-14-8-4-9-15-23)24-16-10-5-11-17-24;1-3-8(4-2)6-5-7/h7-21H,4-6,22-27H2,1-3H3,(H,33,36);3-17,27H,2,18-21H2,1H3,(H,28,29);3-6H2,1-2H3. The van der Waals surface area contributed by atoms with Gasteiger partial charge in [-0.3, -0.25) is 9.59 Å². The van der Waals surface area contributed by atoms with E-state index in [0.717, 1.165) is 70.5 Å². The molecule has 11 heteroatoms. The molecule has 0 heterocycles. The molecule has 0 aliphatic heterocycles. The highest BCUT2D eigenvalue weighted by Gasteiger charge is 2.38. The summed E-state index contributed by atoms with van der Waals surface area (Å²) >= 11 is 6.76. The summed E-state index contributed by atoms with van der Waals surface area (Å²) < 4.78 is -0.930. The third-order valence-electron chi connectivity index (χ3n) is 13.2. The van der Waals surface area contributed by atoms with Crippen LogP contribution in [0.4, 0.5) is 0 Å². The van der Waals surface area contributed by atoms with Gasteiger partial charge in [0.25, 0.3) is 0 Å². The molecule has 8 nitrogen and oxygen atoms in total. The summed E-state index contributed by atoms with van der Waals surface area (Å²) in [6.45, 7) is 26.0. The van der Waals surface area contributed by atoms with E-state index in [9.17, 15) is 9.59 Å². The maximum absolute atomic E-state index is 13.1. The Kier molecular flexibility index (Phi) is 31.1. The first-order chi connectivity index (χ1) is 36.7. The van der Waals surface area contributed by atoms with Crippen LogP contribution in [0.25, 0.3) is 0 Å². The molecule has 0 unspecified atom stereocenters. The molecule has 0 atom stereocenters. The first-order valence-electron chi connectivity index (χ1n) is 27.3. The molecule has 2 amide bonds. The van der Waals surface area contributed by atoms with Crippen LogP contribution >= 0.6 is 39.5 Å². The van der Waals surface area contributed by atoms with Crippen molar-refractivity contribution < 1.29 is 9.59 Å². The van der Waals surface area contributed by atoms with Crippen LogP contribution in [-0.4, -0.2) is 128 Å². The maximum Gasteiger partial charge on any atom is 0.230 e. The zero-order valence-corrected chi connectivity index (χ0v) is 49.1. The Hall–Kier alpha value is -4.72. The maximum atomic E-state index is 13.1. The van der Waals surface area contributed by atoms with Crippen molar-refractivity contribution in [3.63, 3.8) is 0 Å². The number of likely N-dealkylation sites (N-methyl/N-ethyl adjacent to an activating group) is 1. The van der Waals surface area contributed by atoms with Crippen molar-refractivity contribution >= 4 is 51.3 Å². The largest absolute Gasteiger partial charge is 0.354 e. The Morgan fingerprint density at radius 2 is 0.707 bits per heavy atom. The Labute approximate surface area is 469 Å². The quantitative estimate of drug-likeness (QED) is 0.0226. The van der Waals surface area contributed by atoms with Gasteiger partial charge in [0.2, 0.25) is 11.8 Å². The van der Waals surface area contributed by atoms with E-state index in [-0.39, 0.29) is 11.8 Å². The van der Waals surface area contributed by atoms with Crippen LogP contribution in [0.15, 0.2) is 182 Å². The van der Waals surface area contributed by atoms with Gasteiger partial charge >= 0.3 is 0 Å². The van der Waals surface area contributed by atoms with Crippen molar-refractivity contribution in [2.45, 2.75) is 63.9 Å². The molecule has 404 valence electrons. The predicted octanol–water partition coefficient (Wildman–Crippen LogP) is 12.4. The minimum Gasteiger partial charge on any atom is -0.354 e. The van der Waals surface area contributed by atoms with E-state index in [2.05, 4.69) is 234 Å². The van der Waals surface area contributed by atoms with Gasteiger partial charge in [0.15, 0.2) is 0 Å². The second-order valence-corrected chi connectivity index (χ2v) is 21.3. The number of carbonyl (C=O) groups is 2. The van der Waals surface area contributed by atoms with Crippen molar-refractivity contribution in [2.24, 2.45) is 0 Å². The molecule has 6 aromatic carbocycles. The van der Waals surface area contributed by atoms with Gasteiger partial charge in [-0.15, -0.1) is 23.5 Å². The van der Waals surface area contributed by atoms with Crippen LogP contribution < -0.4 is 16.0 Å². The molecule has 0 saturated carbocycles. The molecule has 3 N–H and O–H groups in total. The number of rotatable bonds is 31. The van der Waals surface area contributed by atoms with Gasteiger partial charge < -0.3 is 30.7 Å². The van der Waals surface area contributed by atoms with Gasteiger partial charge in [-0.2, -0.15) is 0 Å². The summed E-state index contributed by atoms with van der Waals surface area (Å²) in [7, 11) is 0. The smallest absolute Gasteiger partial charge is 0.230 e. The number of nitrogens with one attached hydrogen (secondary N) is 3. The normalized spacial score (nSPS) is 11.4. The molecule has 6 aromatic rings. The molecule has 0 radical (unpaired) electrons. The Morgan fingerprint density at radius 3 is 1.00 bits per heavy atom. The van der Waals surface area contributed by atoms with Gasteiger partial charge in [-0.25, -0.2) is 0 Å². The molecule has 0 saturated heterocycles. The molecular formula is C64H87BrN6O2S2. The number of carbonyl (C=O) groups excluding carboxylic acids is 2. The highest BCUT2D eigenvalue weighted by Crippen LogP contribution is 2.49. The molecule has 0 aliphatic carbocycles. The Bertz CT molecular complexity index is 2170. The summed E-state index contributed by atoms with van der Waals surface area (Å²) in [5, 5.41) is 10.7. The third-order valence-corrected chi connectivity index (χ3v) is 16.6. The van der Waals surface area contributed by atoms with Crippen molar-refractivity contribution in [1.82, 2.24) is 30.7 Å². The SMILES string of the molecule is CCCN(CCNC(=O)CSC(c1ccccc1)(c1ccccc1)c1ccccc1)CCN(CC)CC.CCCNCCNC(=O)CSC(c1ccccc1)(c1ccccc1)c1ccccc1.CCN(CC)CCBr. The first-order valence-corrected chi connectivity index (χ1v) is 30.4. The summed E-state index contributed by atoms with van der Waals surface area (Å²) in [5.74, 6) is 0.904. The lowest BCUT2D eigenvalue weighted by molar-refractivity contribution is -0.119. The minimum absolute atomic E-state index is 0.0606. The van der Waals surface area contributed by atoms with Gasteiger partial charge in [0, 0.05) is 51.1 Å². The van der Waals surface area contributed by atoms with E-state index in [1.54, 1.807) is 23.5 Å². The van der Waals surface area contributed by atoms with E-state index in [0.29, 0.717) is 24.6 Å². The summed E-state index contributed by atoms with van der Waals surface area (Å²) in [6.07, 6.45) is 2.22. The fourth-order valence-electron chi connectivity index (χ4n) is 9.07. The van der Waals surface area contributed by atoms with E-state index < -0.39 is 9.49 Å². The van der Waals surface area contributed by atoms with Gasteiger partial charge in [0.05, 0.1) is 21.0 Å². The van der Waals surface area contributed by atoms with Crippen molar-refractivity contribution in [2.75, 3.05) is 102 Å². The molecule has 0 aromatic heterocycles. The molecule has 0 spiro atoms. The monoisotopic (exact) mass is 1110 g/mol. The lowest BCUT2D eigenvalue weighted by atomic mass is 9.84. The zero-order valence-electron chi connectivity index (χ0n) is 45.9. The fourth-order valence-corrected chi connectivity index (χ4v) is 12.3. The van der Waals surface area contributed by atoms with Crippen molar-refractivity contribution in [3.05, 3.63) is 215 Å². The van der Waals surface area contributed by atoms with E-state index >= 15 is 0 Å². The number of halogens is 1. The Morgan fingerprint density at radius 1 is 0.387 bits per heavy atom. The number of amides is 2. The van der Waals surface area contributed by atoms with E-state index in [4.69, 9.17) is 0 Å². The van der Waals surface area contributed by atoms with Crippen LogP contribution in [0.1, 0.15) is 87.8 Å². The molecule has 0 fully saturated rings. The number of hydrogen-bond donors (Lipinski definition) is 3. The molecule has 75 heavy (non-hydrogen) atoms. The summed E-state index contributed by atoms with van der Waals surface area (Å²) in [5.41, 5.74) is 7.04. The van der Waals surface area contributed by atoms with Crippen LogP contribution in [0.5, 0.6) is 0 Å². The molecule has 6 rings (SSSR count). The second kappa shape index (κ2) is 37.1. The van der Waals surface area contributed by atoms with E-state index in [1.165, 1.54) is 53.0 Å². The van der Waals surface area contributed by atoms with Crippen LogP contribution in [-0.2, 0) is 19.1 Å². The predicted molar refractivity (Wildman–Crippen MR) is 329 cm³/mol. The lowest BCUT2D eigenvalue weighted by Gasteiger charge is -2.35. The molecular weight excluding hydrogens is 1030 g/mol. The number of alkyl halides is 1. The lowest BCUT2D eigenvalue weighted by Crippen LogP contribution is -2.40. The van der Waals surface area contributed by atoms with Crippen LogP contribution in [0.3, 0.4) is 0 Å². The molecule has 0 bridgehead atoms. The number of benzene rings is 6. The highest BCUT2D eigenvalue weighted by atomic mass is 79.9. The summed E-state index contributed by atoms with van der Waals surface area (Å²) in [6, 6.07) is 63.0. The van der Waals surface area contributed by atoms with Crippen LogP contribution in [0, 0.1) is 0 Å². The number of nitrogens with zero attached hydrogens (tertiary/aromatic N) is 3. The van der Waals surface area contributed by atoms with Crippen LogP contribution in [0.2, 0.25) is 0 Å². The minimum atomic E-state index is -0.473. The third kappa shape index (κ3) is 20.6. The topological polar surface area (TPSA) is 80.0 Å². The average molecular weight is 1120 g/mol.